The standard InChI is InChI=1S/C38H35BN2/c1-37-22-11-12-23-38(37,2)41-34-25-27(26-14-5-3-6-15-26)24-33-35(34)39(31-20-13-18-29(37)36(31)41)30-19-9-10-21-32(30)40(33)28-16-7-4-8-17-28/h3-10,13-14,16-21,24-26H,11-12,15,22-23H2,1-2H3. The van der Waals surface area contributed by atoms with Crippen molar-refractivity contribution in [2.45, 2.75) is 62.8 Å². The number of rotatable bonds is 2. The molecule has 0 bridgehead atoms. The summed E-state index contributed by atoms with van der Waals surface area (Å²) in [5, 5.41) is 0. The number of allylic oxidation sites excluding steroid dienone is 4. The van der Waals surface area contributed by atoms with Gasteiger partial charge in [-0.25, -0.2) is 0 Å². The van der Waals surface area contributed by atoms with Crippen LogP contribution in [0, 0.1) is 0 Å². The summed E-state index contributed by atoms with van der Waals surface area (Å²) in [6.07, 6.45) is 15.3. The molecule has 0 saturated heterocycles. The first kappa shape index (κ1) is 23.7. The lowest BCUT2D eigenvalue weighted by molar-refractivity contribution is 0.195. The van der Waals surface area contributed by atoms with Crippen molar-refractivity contribution in [3.63, 3.8) is 0 Å². The first-order chi connectivity index (χ1) is 20.1. The van der Waals surface area contributed by atoms with E-state index >= 15 is 0 Å². The van der Waals surface area contributed by atoms with Crippen LogP contribution in [0.5, 0.6) is 0 Å². The van der Waals surface area contributed by atoms with Crippen molar-refractivity contribution in [2.75, 3.05) is 9.80 Å². The first-order valence-corrected chi connectivity index (χ1v) is 15.5. The van der Waals surface area contributed by atoms with Crippen LogP contribution in [-0.4, -0.2) is 12.3 Å². The molecule has 0 amide bonds. The van der Waals surface area contributed by atoms with Gasteiger partial charge in [-0.15, -0.1) is 0 Å². The Morgan fingerprint density at radius 2 is 1.54 bits per heavy atom. The van der Waals surface area contributed by atoms with Crippen LogP contribution >= 0.6 is 0 Å². The molecule has 4 aromatic rings. The van der Waals surface area contributed by atoms with E-state index in [1.54, 1.807) is 5.56 Å². The Labute approximate surface area is 244 Å². The van der Waals surface area contributed by atoms with Gasteiger partial charge in [-0.3, -0.25) is 0 Å². The molecule has 2 nitrogen and oxygen atoms in total. The van der Waals surface area contributed by atoms with Gasteiger partial charge >= 0.3 is 0 Å². The molecule has 3 heterocycles. The van der Waals surface area contributed by atoms with Crippen LogP contribution in [0.1, 0.15) is 63.0 Å². The van der Waals surface area contributed by atoms with Gasteiger partial charge in [0, 0.05) is 39.8 Å². The van der Waals surface area contributed by atoms with Crippen LogP contribution < -0.4 is 26.2 Å². The Morgan fingerprint density at radius 1 is 0.756 bits per heavy atom. The lowest BCUT2D eigenvalue weighted by Crippen LogP contribution is -2.64. The summed E-state index contributed by atoms with van der Waals surface area (Å²) in [6.45, 7) is 5.37. The maximum atomic E-state index is 2.84. The molecule has 3 aliphatic heterocycles. The van der Waals surface area contributed by atoms with Crippen molar-refractivity contribution in [2.24, 2.45) is 0 Å². The predicted octanol–water partition coefficient (Wildman–Crippen LogP) is 7.64. The fourth-order valence-corrected chi connectivity index (χ4v) is 9.15. The normalized spacial score (nSPS) is 26.4. The minimum absolute atomic E-state index is 0.0535. The fraction of sp³-hybridized carbons (Fsp3) is 0.263. The Hall–Kier alpha value is -3.98. The maximum absolute atomic E-state index is 2.84. The van der Waals surface area contributed by atoms with E-state index in [0.29, 0.717) is 5.92 Å². The van der Waals surface area contributed by atoms with Crippen LogP contribution in [-0.2, 0) is 5.41 Å². The van der Waals surface area contributed by atoms with E-state index in [-0.39, 0.29) is 17.7 Å². The molecular formula is C38H35BN2. The van der Waals surface area contributed by atoms with Crippen LogP contribution in [0.25, 0.3) is 0 Å². The van der Waals surface area contributed by atoms with E-state index in [9.17, 15) is 0 Å². The van der Waals surface area contributed by atoms with Gasteiger partial charge in [-0.05, 0) is 84.0 Å². The van der Waals surface area contributed by atoms with E-state index in [1.165, 1.54) is 76.1 Å². The summed E-state index contributed by atoms with van der Waals surface area (Å²) in [7, 11) is 0. The topological polar surface area (TPSA) is 6.48 Å². The zero-order valence-electron chi connectivity index (χ0n) is 24.0. The molecule has 1 fully saturated rings. The SMILES string of the molecule is CC12CCCCC1(C)N1c3cc(C4C=CC=CC4)cc4c3B(c3ccccc3N4c3ccccc3)c3cccc2c31. The number of fused-ring (bicyclic) bond motifs is 7. The van der Waals surface area contributed by atoms with Crippen molar-refractivity contribution in [3.8, 4) is 0 Å². The molecule has 0 N–H and O–H groups in total. The molecule has 0 spiro atoms. The summed E-state index contributed by atoms with van der Waals surface area (Å²) in [5.74, 6) is 0.389. The minimum atomic E-state index is 0.0535. The highest BCUT2D eigenvalue weighted by Gasteiger charge is 2.61. The van der Waals surface area contributed by atoms with Gasteiger partial charge < -0.3 is 9.80 Å². The molecule has 2 aliphatic carbocycles. The number of para-hydroxylation sites is 3. The van der Waals surface area contributed by atoms with Crippen molar-refractivity contribution in [1.82, 2.24) is 0 Å². The second-order valence-electron chi connectivity index (χ2n) is 13.2. The van der Waals surface area contributed by atoms with Crippen LogP contribution in [0.3, 0.4) is 0 Å². The van der Waals surface area contributed by atoms with Gasteiger partial charge in [0.05, 0.1) is 5.54 Å². The monoisotopic (exact) mass is 530 g/mol. The molecule has 3 atom stereocenters. The van der Waals surface area contributed by atoms with Crippen molar-refractivity contribution >= 4 is 51.5 Å². The van der Waals surface area contributed by atoms with Gasteiger partial charge in [0.2, 0.25) is 0 Å². The molecule has 200 valence electrons. The number of hydrogen-bond donors (Lipinski definition) is 0. The third-order valence-electron chi connectivity index (χ3n) is 11.3. The Balaban J connectivity index is 1.41. The van der Waals surface area contributed by atoms with Gasteiger partial charge in [-0.2, -0.15) is 0 Å². The fourth-order valence-electron chi connectivity index (χ4n) is 9.15. The van der Waals surface area contributed by atoms with Crippen LogP contribution in [0.15, 0.2) is 109 Å². The second kappa shape index (κ2) is 8.29. The number of nitrogens with zero attached hydrogens (tertiary/aromatic N) is 2. The Kier molecular flexibility index (Phi) is 4.79. The molecule has 5 aliphatic rings. The lowest BCUT2D eigenvalue weighted by Gasteiger charge is -2.53. The number of benzene rings is 4. The molecule has 0 radical (unpaired) electrons. The highest BCUT2D eigenvalue weighted by atomic mass is 15.3. The highest BCUT2D eigenvalue weighted by molar-refractivity contribution is 7.00. The van der Waals surface area contributed by atoms with Crippen LogP contribution in [0.4, 0.5) is 28.4 Å². The van der Waals surface area contributed by atoms with E-state index in [0.717, 1.165) is 6.42 Å². The third kappa shape index (κ3) is 2.94. The van der Waals surface area contributed by atoms with Gasteiger partial charge in [0.1, 0.15) is 0 Å². The largest absolute Gasteiger partial charge is 0.335 e. The van der Waals surface area contributed by atoms with E-state index in [4.69, 9.17) is 0 Å². The molecule has 9 rings (SSSR count). The maximum Gasteiger partial charge on any atom is 0.252 e. The van der Waals surface area contributed by atoms with Crippen molar-refractivity contribution < 1.29 is 0 Å². The van der Waals surface area contributed by atoms with Crippen LogP contribution in [0.2, 0.25) is 0 Å². The number of anilines is 5. The molecule has 4 aromatic carbocycles. The Bertz CT molecular complexity index is 1790. The molecule has 0 aromatic heterocycles. The Morgan fingerprint density at radius 3 is 2.39 bits per heavy atom. The average molecular weight is 531 g/mol. The van der Waals surface area contributed by atoms with E-state index in [2.05, 4.69) is 133 Å². The van der Waals surface area contributed by atoms with E-state index < -0.39 is 0 Å². The zero-order valence-corrected chi connectivity index (χ0v) is 24.0. The second-order valence-corrected chi connectivity index (χ2v) is 13.2. The highest BCUT2D eigenvalue weighted by Crippen LogP contribution is 2.61. The predicted molar refractivity (Wildman–Crippen MR) is 174 cm³/mol. The quantitative estimate of drug-likeness (QED) is 0.217. The average Bonchev–Trinajstić information content (AvgIpc) is 3.24. The lowest BCUT2D eigenvalue weighted by atomic mass is 9.33. The van der Waals surface area contributed by atoms with Crippen molar-refractivity contribution in [1.29, 1.82) is 0 Å². The molecule has 3 unspecified atom stereocenters. The third-order valence-corrected chi connectivity index (χ3v) is 11.3. The first-order valence-electron chi connectivity index (χ1n) is 15.5. The van der Waals surface area contributed by atoms with Crippen molar-refractivity contribution in [3.05, 3.63) is 120 Å². The molecule has 3 heteroatoms. The van der Waals surface area contributed by atoms with E-state index in [1.807, 2.05) is 0 Å². The van der Waals surface area contributed by atoms with Gasteiger partial charge in [0.25, 0.3) is 6.71 Å². The molecule has 1 saturated carbocycles. The molecular weight excluding hydrogens is 495 g/mol. The smallest absolute Gasteiger partial charge is 0.252 e. The summed E-state index contributed by atoms with van der Waals surface area (Å²) < 4.78 is 0. The van der Waals surface area contributed by atoms with Gasteiger partial charge in [-0.1, -0.05) is 98.7 Å². The van der Waals surface area contributed by atoms with Gasteiger partial charge in [0.15, 0.2) is 0 Å². The minimum Gasteiger partial charge on any atom is -0.335 e. The summed E-state index contributed by atoms with van der Waals surface area (Å²) in [5.41, 5.74) is 14.4. The zero-order chi connectivity index (χ0) is 27.3. The summed E-state index contributed by atoms with van der Waals surface area (Å²) >= 11 is 0. The molecule has 41 heavy (non-hydrogen) atoms. The summed E-state index contributed by atoms with van der Waals surface area (Å²) in [4.78, 5) is 5.39. The number of hydrogen-bond acceptors (Lipinski definition) is 2. The summed E-state index contributed by atoms with van der Waals surface area (Å²) in [6, 6.07) is 32.5.